The molecule has 0 heterocycles. The van der Waals surface area contributed by atoms with Crippen molar-refractivity contribution in [2.24, 2.45) is 5.10 Å². The number of benzene rings is 1. The third-order valence-electron chi connectivity index (χ3n) is 1.45. The number of hydrazone groups is 1. The van der Waals surface area contributed by atoms with Gasteiger partial charge in [0.1, 0.15) is 5.71 Å². The molecule has 0 aromatic heterocycles. The van der Waals surface area contributed by atoms with Crippen LogP contribution in [0.3, 0.4) is 0 Å². The van der Waals surface area contributed by atoms with Gasteiger partial charge in [0, 0.05) is 5.02 Å². The molecule has 0 saturated carbocycles. The number of halogens is 2. The molecule has 3 nitrogen and oxygen atoms in total. The zero-order valence-corrected chi connectivity index (χ0v) is 8.72. The van der Waals surface area contributed by atoms with E-state index >= 15 is 0 Å². The average molecular weight is 231 g/mol. The molecule has 0 aliphatic carbocycles. The minimum absolute atomic E-state index is 0.0874. The van der Waals surface area contributed by atoms with Crippen LogP contribution >= 0.6 is 23.2 Å². The van der Waals surface area contributed by atoms with Crippen molar-refractivity contribution in [2.45, 2.75) is 0 Å². The monoisotopic (exact) mass is 230 g/mol. The molecule has 0 bridgehead atoms. The summed E-state index contributed by atoms with van der Waals surface area (Å²) in [6.07, 6.45) is 0.607. The quantitative estimate of drug-likeness (QED) is 0.374. The third kappa shape index (κ3) is 3.36. The Morgan fingerprint density at radius 1 is 1.43 bits per heavy atom. The van der Waals surface area contributed by atoms with E-state index < -0.39 is 0 Å². The largest absolute Gasteiger partial charge is 0.296 e. The molecule has 5 heteroatoms. The molecule has 14 heavy (non-hydrogen) atoms. The standard InChI is InChI=1S/C9H8Cl2N2O/c10-5-9(6-14)13-12-8-3-1-7(11)2-4-8/h1-4,6,12H,5H2. The molecule has 0 spiro atoms. The molecule has 0 radical (unpaired) electrons. The average Bonchev–Trinajstić information content (AvgIpc) is 2.22. The van der Waals surface area contributed by atoms with Gasteiger partial charge >= 0.3 is 0 Å². The molecule has 1 rings (SSSR count). The summed E-state index contributed by atoms with van der Waals surface area (Å²) >= 11 is 11.1. The lowest BCUT2D eigenvalue weighted by molar-refractivity contribution is -0.102. The minimum atomic E-state index is 0.0874. The van der Waals surface area contributed by atoms with Gasteiger partial charge < -0.3 is 0 Å². The van der Waals surface area contributed by atoms with Crippen LogP contribution in [0, 0.1) is 0 Å². The zero-order chi connectivity index (χ0) is 10.4. The van der Waals surface area contributed by atoms with Gasteiger partial charge in [0.25, 0.3) is 0 Å². The molecule has 1 N–H and O–H groups in total. The van der Waals surface area contributed by atoms with E-state index in [0.717, 1.165) is 5.69 Å². The van der Waals surface area contributed by atoms with Crippen molar-refractivity contribution in [3.63, 3.8) is 0 Å². The van der Waals surface area contributed by atoms with Gasteiger partial charge in [-0.2, -0.15) is 5.10 Å². The molecule has 0 atom stereocenters. The van der Waals surface area contributed by atoms with E-state index in [1.165, 1.54) is 0 Å². The van der Waals surface area contributed by atoms with E-state index in [0.29, 0.717) is 11.3 Å². The number of nitrogens with zero attached hydrogens (tertiary/aromatic N) is 1. The van der Waals surface area contributed by atoms with E-state index in [1.807, 2.05) is 0 Å². The molecule has 0 amide bonds. The van der Waals surface area contributed by atoms with E-state index in [2.05, 4.69) is 10.5 Å². The van der Waals surface area contributed by atoms with Gasteiger partial charge in [-0.05, 0) is 24.3 Å². The molecule has 1 aromatic carbocycles. The van der Waals surface area contributed by atoms with Crippen LogP contribution in [0.4, 0.5) is 5.69 Å². The maximum absolute atomic E-state index is 10.3. The van der Waals surface area contributed by atoms with Crippen molar-refractivity contribution in [2.75, 3.05) is 11.3 Å². The number of hydrogen-bond donors (Lipinski definition) is 1. The number of carbonyl (C=O) groups excluding carboxylic acids is 1. The number of nitrogens with one attached hydrogen (secondary N) is 1. The van der Waals surface area contributed by atoms with Crippen LogP contribution in [0.2, 0.25) is 5.02 Å². The second kappa shape index (κ2) is 5.62. The highest BCUT2D eigenvalue weighted by Gasteiger charge is 1.94. The summed E-state index contributed by atoms with van der Waals surface area (Å²) in [4.78, 5) is 10.3. The highest BCUT2D eigenvalue weighted by Crippen LogP contribution is 2.13. The van der Waals surface area contributed by atoms with Crippen molar-refractivity contribution in [3.05, 3.63) is 29.3 Å². The summed E-state index contributed by atoms with van der Waals surface area (Å²) in [5.41, 5.74) is 3.69. The van der Waals surface area contributed by atoms with Gasteiger partial charge in [-0.15, -0.1) is 11.6 Å². The maximum Gasteiger partial charge on any atom is 0.167 e. The molecule has 0 unspecified atom stereocenters. The molecule has 74 valence electrons. The predicted octanol–water partition coefficient (Wildman–Crippen LogP) is 2.55. The van der Waals surface area contributed by atoms with Crippen LogP contribution in [0.5, 0.6) is 0 Å². The molecular formula is C9H8Cl2N2O. The Hall–Kier alpha value is -1.06. The lowest BCUT2D eigenvalue weighted by Gasteiger charge is -2.00. The molecule has 0 aliphatic heterocycles. The predicted molar refractivity (Wildman–Crippen MR) is 59.3 cm³/mol. The summed E-state index contributed by atoms with van der Waals surface area (Å²) in [5.74, 6) is 0.0874. The van der Waals surface area contributed by atoms with E-state index in [4.69, 9.17) is 23.2 Å². The Balaban J connectivity index is 2.65. The lowest BCUT2D eigenvalue weighted by atomic mass is 10.3. The minimum Gasteiger partial charge on any atom is -0.296 e. The fourth-order valence-corrected chi connectivity index (χ4v) is 0.997. The highest BCUT2D eigenvalue weighted by atomic mass is 35.5. The number of alkyl halides is 1. The Morgan fingerprint density at radius 2 is 2.07 bits per heavy atom. The second-order valence-electron chi connectivity index (χ2n) is 2.47. The molecule has 1 aromatic rings. The van der Waals surface area contributed by atoms with Gasteiger partial charge in [-0.25, -0.2) is 0 Å². The normalized spacial score (nSPS) is 11.1. The van der Waals surface area contributed by atoms with Gasteiger partial charge in [-0.3, -0.25) is 10.2 Å². The number of anilines is 1. The zero-order valence-electron chi connectivity index (χ0n) is 7.21. The van der Waals surface area contributed by atoms with Gasteiger partial charge in [-0.1, -0.05) is 11.6 Å². The molecular weight excluding hydrogens is 223 g/mol. The number of hydrogen-bond acceptors (Lipinski definition) is 3. The van der Waals surface area contributed by atoms with Gasteiger partial charge in [0.2, 0.25) is 0 Å². The van der Waals surface area contributed by atoms with Crippen LogP contribution in [-0.4, -0.2) is 17.9 Å². The molecule has 0 fully saturated rings. The Morgan fingerprint density at radius 3 is 2.57 bits per heavy atom. The van der Waals surface area contributed by atoms with Gasteiger partial charge in [0.05, 0.1) is 11.6 Å². The lowest BCUT2D eigenvalue weighted by Crippen LogP contribution is -2.04. The van der Waals surface area contributed by atoms with E-state index in [9.17, 15) is 4.79 Å². The first-order chi connectivity index (χ1) is 6.76. The SMILES string of the molecule is O=CC(CCl)=NNc1ccc(Cl)cc1. The first-order valence-corrected chi connectivity index (χ1v) is 4.77. The fourth-order valence-electron chi connectivity index (χ4n) is 0.749. The molecule has 0 saturated heterocycles. The third-order valence-corrected chi connectivity index (χ3v) is 1.97. The van der Waals surface area contributed by atoms with Crippen molar-refractivity contribution in [1.29, 1.82) is 0 Å². The van der Waals surface area contributed by atoms with E-state index in [1.54, 1.807) is 24.3 Å². The maximum atomic E-state index is 10.3. The number of rotatable bonds is 4. The van der Waals surface area contributed by atoms with Crippen LogP contribution in [0.15, 0.2) is 29.4 Å². The Labute approximate surface area is 91.7 Å². The summed E-state index contributed by atoms with van der Waals surface area (Å²) in [6.45, 7) is 0. The van der Waals surface area contributed by atoms with E-state index in [-0.39, 0.29) is 11.6 Å². The van der Waals surface area contributed by atoms with Crippen LogP contribution in [-0.2, 0) is 4.79 Å². The Kier molecular flexibility index (Phi) is 4.43. The molecule has 0 aliphatic rings. The van der Waals surface area contributed by atoms with Crippen molar-refractivity contribution in [1.82, 2.24) is 0 Å². The van der Waals surface area contributed by atoms with Crippen molar-refractivity contribution >= 4 is 40.9 Å². The van der Waals surface area contributed by atoms with Gasteiger partial charge in [0.15, 0.2) is 6.29 Å². The first kappa shape index (κ1) is 11.0. The highest BCUT2D eigenvalue weighted by molar-refractivity contribution is 6.42. The number of carbonyl (C=O) groups is 1. The Bertz CT molecular complexity index is 335. The summed E-state index contributed by atoms with van der Waals surface area (Å²) in [5, 5.41) is 4.43. The van der Waals surface area contributed by atoms with Crippen molar-refractivity contribution < 1.29 is 4.79 Å². The number of aldehydes is 1. The van der Waals surface area contributed by atoms with Crippen LogP contribution in [0.1, 0.15) is 0 Å². The topological polar surface area (TPSA) is 41.5 Å². The van der Waals surface area contributed by atoms with Crippen molar-refractivity contribution in [3.8, 4) is 0 Å². The van der Waals surface area contributed by atoms with Crippen LogP contribution in [0.25, 0.3) is 0 Å². The van der Waals surface area contributed by atoms with Crippen LogP contribution < -0.4 is 5.43 Å². The summed E-state index contributed by atoms with van der Waals surface area (Å²) in [6, 6.07) is 6.95. The summed E-state index contributed by atoms with van der Waals surface area (Å²) in [7, 11) is 0. The summed E-state index contributed by atoms with van der Waals surface area (Å²) < 4.78 is 0. The second-order valence-corrected chi connectivity index (χ2v) is 3.18. The smallest absolute Gasteiger partial charge is 0.167 e. The first-order valence-electron chi connectivity index (χ1n) is 3.85. The fraction of sp³-hybridized carbons (Fsp3) is 0.111.